The molecule has 0 atom stereocenters. The molecule has 0 saturated heterocycles. The molecule has 16 heavy (non-hydrogen) atoms. The van der Waals surface area contributed by atoms with Crippen LogP contribution in [0.25, 0.3) is 11.3 Å². The van der Waals surface area contributed by atoms with Gasteiger partial charge in [0.2, 0.25) is 0 Å². The second kappa shape index (κ2) is 4.63. The highest BCUT2D eigenvalue weighted by Gasteiger charge is 2.05. The molecule has 3 nitrogen and oxygen atoms in total. The number of aryl methyl sites for hydroxylation is 1. The lowest BCUT2D eigenvalue weighted by Crippen LogP contribution is -1.94. The predicted molar refractivity (Wildman–Crippen MR) is 66.7 cm³/mol. The number of thiazole rings is 1. The van der Waals surface area contributed by atoms with Crippen molar-refractivity contribution < 1.29 is 4.74 Å². The third kappa shape index (κ3) is 2.08. The molecule has 1 aromatic carbocycles. The summed E-state index contributed by atoms with van der Waals surface area (Å²) in [6, 6.07) is 6.06. The van der Waals surface area contributed by atoms with Crippen molar-refractivity contribution in [1.82, 2.24) is 4.98 Å². The smallest absolute Gasteiger partial charge is 0.121 e. The van der Waals surface area contributed by atoms with Gasteiger partial charge in [-0.1, -0.05) is 0 Å². The van der Waals surface area contributed by atoms with Crippen molar-refractivity contribution in [3.63, 3.8) is 0 Å². The van der Waals surface area contributed by atoms with Gasteiger partial charge < -0.3 is 10.5 Å². The Morgan fingerprint density at radius 1 is 1.44 bits per heavy atom. The van der Waals surface area contributed by atoms with Crippen molar-refractivity contribution in [3.8, 4) is 17.0 Å². The van der Waals surface area contributed by atoms with Gasteiger partial charge in [0.05, 0.1) is 12.8 Å². The van der Waals surface area contributed by atoms with Crippen LogP contribution in [0.15, 0.2) is 23.6 Å². The van der Waals surface area contributed by atoms with Crippen molar-refractivity contribution in [3.05, 3.63) is 34.2 Å². The molecule has 0 aliphatic heterocycles. The van der Waals surface area contributed by atoms with Gasteiger partial charge >= 0.3 is 0 Å². The normalized spacial score (nSPS) is 10.4. The third-order valence-electron chi connectivity index (χ3n) is 2.42. The van der Waals surface area contributed by atoms with Crippen LogP contribution in [-0.4, -0.2) is 12.1 Å². The zero-order valence-electron chi connectivity index (χ0n) is 9.36. The summed E-state index contributed by atoms with van der Waals surface area (Å²) >= 11 is 1.59. The Morgan fingerprint density at radius 2 is 2.25 bits per heavy atom. The van der Waals surface area contributed by atoms with E-state index in [1.165, 1.54) is 0 Å². The molecule has 4 heteroatoms. The molecule has 0 spiro atoms. The molecule has 2 N–H and O–H groups in total. The lowest BCUT2D eigenvalue weighted by Gasteiger charge is -2.05. The number of nitrogens with zero attached hydrogens (tertiary/aromatic N) is 1. The van der Waals surface area contributed by atoms with Crippen molar-refractivity contribution >= 4 is 11.3 Å². The van der Waals surface area contributed by atoms with Gasteiger partial charge in [0, 0.05) is 17.5 Å². The lowest BCUT2D eigenvalue weighted by atomic mass is 10.1. The van der Waals surface area contributed by atoms with Gasteiger partial charge in [-0.15, -0.1) is 11.3 Å². The molecule has 1 aromatic heterocycles. The van der Waals surface area contributed by atoms with Crippen molar-refractivity contribution in [2.75, 3.05) is 7.11 Å². The molecule has 0 fully saturated rings. The van der Waals surface area contributed by atoms with Gasteiger partial charge in [-0.05, 0) is 30.7 Å². The highest BCUT2D eigenvalue weighted by Crippen LogP contribution is 2.26. The Hall–Kier alpha value is -1.39. The first-order valence-corrected chi connectivity index (χ1v) is 5.92. The van der Waals surface area contributed by atoms with E-state index in [2.05, 4.69) is 11.1 Å². The van der Waals surface area contributed by atoms with E-state index >= 15 is 0 Å². The molecule has 2 rings (SSSR count). The lowest BCUT2D eigenvalue weighted by molar-refractivity contribution is 0.412. The molecule has 0 saturated carbocycles. The summed E-state index contributed by atoms with van der Waals surface area (Å²) in [5.41, 5.74) is 8.75. The fraction of sp³-hybridized carbons (Fsp3) is 0.250. The number of hydrogen-bond donors (Lipinski definition) is 1. The summed E-state index contributed by atoms with van der Waals surface area (Å²) in [6.07, 6.45) is 0. The van der Waals surface area contributed by atoms with E-state index in [4.69, 9.17) is 10.5 Å². The number of nitrogens with two attached hydrogens (primary N) is 1. The summed E-state index contributed by atoms with van der Waals surface area (Å²) in [5, 5.41) is 2.99. The van der Waals surface area contributed by atoms with Crippen LogP contribution in [0.5, 0.6) is 5.75 Å². The standard InChI is InChI=1S/C12H14N2OS/c1-8-5-9(3-4-11(8)15-2)10-7-16-12(6-13)14-10/h3-5,7H,6,13H2,1-2H3. The number of aromatic nitrogens is 1. The Kier molecular flexibility index (Phi) is 3.22. The number of rotatable bonds is 3. The molecule has 2 aromatic rings. The Morgan fingerprint density at radius 3 is 2.81 bits per heavy atom. The first-order valence-electron chi connectivity index (χ1n) is 5.04. The molecular formula is C12H14N2OS. The third-order valence-corrected chi connectivity index (χ3v) is 3.29. The highest BCUT2D eigenvalue weighted by molar-refractivity contribution is 7.09. The van der Waals surface area contributed by atoms with Crippen molar-refractivity contribution in [2.45, 2.75) is 13.5 Å². The monoisotopic (exact) mass is 234 g/mol. The van der Waals surface area contributed by atoms with E-state index < -0.39 is 0 Å². The van der Waals surface area contributed by atoms with Crippen LogP contribution < -0.4 is 10.5 Å². The van der Waals surface area contributed by atoms with Crippen LogP contribution >= 0.6 is 11.3 Å². The van der Waals surface area contributed by atoms with Gasteiger partial charge in [-0.2, -0.15) is 0 Å². The van der Waals surface area contributed by atoms with E-state index in [1.807, 2.05) is 24.4 Å². The minimum atomic E-state index is 0.500. The minimum absolute atomic E-state index is 0.500. The first-order chi connectivity index (χ1) is 7.74. The molecule has 1 heterocycles. The number of ether oxygens (including phenoxy) is 1. The zero-order valence-corrected chi connectivity index (χ0v) is 10.2. The molecule has 0 radical (unpaired) electrons. The molecule has 84 valence electrons. The predicted octanol–water partition coefficient (Wildman–Crippen LogP) is 2.59. The average Bonchev–Trinajstić information content (AvgIpc) is 2.77. The van der Waals surface area contributed by atoms with Crippen LogP contribution in [0, 0.1) is 6.92 Å². The SMILES string of the molecule is COc1ccc(-c2csc(CN)n2)cc1C. The second-order valence-electron chi connectivity index (χ2n) is 3.52. The molecule has 0 aliphatic rings. The maximum atomic E-state index is 5.54. The molecule has 0 unspecified atom stereocenters. The summed E-state index contributed by atoms with van der Waals surface area (Å²) in [6.45, 7) is 2.53. The highest BCUT2D eigenvalue weighted by atomic mass is 32.1. The van der Waals surface area contributed by atoms with E-state index in [9.17, 15) is 0 Å². The molecular weight excluding hydrogens is 220 g/mol. The summed E-state index contributed by atoms with van der Waals surface area (Å²) in [7, 11) is 1.68. The van der Waals surface area contributed by atoms with E-state index in [-0.39, 0.29) is 0 Å². The maximum Gasteiger partial charge on any atom is 0.121 e. The summed E-state index contributed by atoms with van der Waals surface area (Å²) in [4.78, 5) is 4.45. The van der Waals surface area contributed by atoms with Crippen molar-refractivity contribution in [1.29, 1.82) is 0 Å². The fourth-order valence-electron chi connectivity index (χ4n) is 1.57. The van der Waals surface area contributed by atoms with Gasteiger partial charge in [0.15, 0.2) is 0 Å². The Bertz CT molecular complexity index is 494. The van der Waals surface area contributed by atoms with Gasteiger partial charge in [-0.3, -0.25) is 0 Å². The molecule has 0 aliphatic carbocycles. The number of hydrogen-bond acceptors (Lipinski definition) is 4. The van der Waals surface area contributed by atoms with Crippen LogP contribution in [-0.2, 0) is 6.54 Å². The topological polar surface area (TPSA) is 48.1 Å². The van der Waals surface area contributed by atoms with E-state index in [1.54, 1.807) is 18.4 Å². The summed E-state index contributed by atoms with van der Waals surface area (Å²) < 4.78 is 5.22. The quantitative estimate of drug-likeness (QED) is 0.888. The number of methoxy groups -OCH3 is 1. The largest absolute Gasteiger partial charge is 0.496 e. The Balaban J connectivity index is 2.37. The molecule has 0 amide bonds. The number of benzene rings is 1. The Labute approximate surface area is 98.9 Å². The van der Waals surface area contributed by atoms with Crippen LogP contribution in [0.1, 0.15) is 10.6 Å². The minimum Gasteiger partial charge on any atom is -0.496 e. The van der Waals surface area contributed by atoms with Gasteiger partial charge in [0.25, 0.3) is 0 Å². The summed E-state index contributed by atoms with van der Waals surface area (Å²) in [5.74, 6) is 0.901. The van der Waals surface area contributed by atoms with Crippen molar-refractivity contribution in [2.24, 2.45) is 5.73 Å². The fourth-order valence-corrected chi connectivity index (χ4v) is 2.26. The van der Waals surface area contributed by atoms with Crippen LogP contribution in [0.3, 0.4) is 0 Å². The van der Waals surface area contributed by atoms with E-state index in [0.717, 1.165) is 27.6 Å². The zero-order chi connectivity index (χ0) is 11.5. The van der Waals surface area contributed by atoms with Gasteiger partial charge in [0.1, 0.15) is 10.8 Å². The van der Waals surface area contributed by atoms with Crippen LogP contribution in [0.4, 0.5) is 0 Å². The van der Waals surface area contributed by atoms with Gasteiger partial charge in [-0.25, -0.2) is 4.98 Å². The van der Waals surface area contributed by atoms with Crippen LogP contribution in [0.2, 0.25) is 0 Å². The second-order valence-corrected chi connectivity index (χ2v) is 4.46. The molecule has 0 bridgehead atoms. The first kappa shape index (κ1) is 11.1. The maximum absolute atomic E-state index is 5.54. The average molecular weight is 234 g/mol. The van der Waals surface area contributed by atoms with E-state index in [0.29, 0.717) is 6.54 Å².